The average molecular weight is 263 g/mol. The van der Waals surface area contributed by atoms with Gasteiger partial charge in [0, 0.05) is 30.4 Å². The highest BCUT2D eigenvalue weighted by molar-refractivity contribution is 5.76. The third kappa shape index (κ3) is 1.77. The van der Waals surface area contributed by atoms with Gasteiger partial charge in [-0.3, -0.25) is 4.79 Å². The molecule has 106 valence electrons. The Labute approximate surface area is 115 Å². The number of amides is 1. The first-order valence-electron chi connectivity index (χ1n) is 8.20. The maximum Gasteiger partial charge on any atom is 0.220 e. The molecule has 3 heteroatoms. The van der Waals surface area contributed by atoms with E-state index in [4.69, 9.17) is 4.74 Å². The van der Waals surface area contributed by atoms with Gasteiger partial charge < -0.3 is 10.1 Å². The Morgan fingerprint density at radius 1 is 1.21 bits per heavy atom. The van der Waals surface area contributed by atoms with Gasteiger partial charge in [-0.05, 0) is 31.6 Å². The standard InChI is InChI=1S/C16H25NO2/c18-13(6-5-11-3-1-4-11)17-14-12-7-10-19-15(12)16(14)8-2-9-16/h11-12,14-15H,1-10H2,(H,17,18)/t12-,14+,15-/m0/s1. The van der Waals surface area contributed by atoms with Crippen LogP contribution in [0.3, 0.4) is 0 Å². The summed E-state index contributed by atoms with van der Waals surface area (Å²) in [6.45, 7) is 0.908. The molecule has 3 saturated carbocycles. The van der Waals surface area contributed by atoms with Crippen molar-refractivity contribution in [2.45, 2.75) is 69.9 Å². The molecule has 0 unspecified atom stereocenters. The van der Waals surface area contributed by atoms with Crippen molar-refractivity contribution < 1.29 is 9.53 Å². The fraction of sp³-hybridized carbons (Fsp3) is 0.938. The van der Waals surface area contributed by atoms with Crippen molar-refractivity contribution in [3.63, 3.8) is 0 Å². The molecule has 1 aliphatic heterocycles. The molecule has 1 heterocycles. The van der Waals surface area contributed by atoms with Gasteiger partial charge in [-0.25, -0.2) is 0 Å². The molecule has 4 fully saturated rings. The topological polar surface area (TPSA) is 38.3 Å². The first-order chi connectivity index (χ1) is 9.29. The van der Waals surface area contributed by atoms with Gasteiger partial charge in [0.05, 0.1) is 6.10 Å². The molecule has 1 spiro atoms. The number of nitrogens with one attached hydrogen (secondary N) is 1. The Morgan fingerprint density at radius 2 is 2.05 bits per heavy atom. The molecule has 3 aliphatic carbocycles. The Kier molecular flexibility index (Phi) is 2.87. The summed E-state index contributed by atoms with van der Waals surface area (Å²) in [5.41, 5.74) is 0.341. The summed E-state index contributed by atoms with van der Waals surface area (Å²) >= 11 is 0. The van der Waals surface area contributed by atoms with E-state index in [0.717, 1.165) is 31.8 Å². The van der Waals surface area contributed by atoms with E-state index in [1.165, 1.54) is 38.5 Å². The van der Waals surface area contributed by atoms with Crippen LogP contribution < -0.4 is 5.32 Å². The van der Waals surface area contributed by atoms with E-state index in [-0.39, 0.29) is 0 Å². The fourth-order valence-electron chi connectivity index (χ4n) is 4.82. The molecule has 1 amide bonds. The molecule has 19 heavy (non-hydrogen) atoms. The van der Waals surface area contributed by atoms with Crippen molar-refractivity contribution in [3.8, 4) is 0 Å². The fourth-order valence-corrected chi connectivity index (χ4v) is 4.82. The summed E-state index contributed by atoms with van der Waals surface area (Å²) in [6.07, 6.45) is 11.4. The highest BCUT2D eigenvalue weighted by Crippen LogP contribution is 2.62. The zero-order valence-electron chi connectivity index (χ0n) is 11.7. The van der Waals surface area contributed by atoms with Gasteiger partial charge >= 0.3 is 0 Å². The normalized spacial score (nSPS) is 39.1. The van der Waals surface area contributed by atoms with E-state index in [1.54, 1.807) is 0 Å². The summed E-state index contributed by atoms with van der Waals surface area (Å²) in [4.78, 5) is 12.2. The number of fused-ring (bicyclic) bond motifs is 2. The van der Waals surface area contributed by atoms with Crippen LogP contribution in [-0.2, 0) is 9.53 Å². The summed E-state index contributed by atoms with van der Waals surface area (Å²) in [5, 5.41) is 3.37. The Bertz CT molecular complexity index is 373. The number of carbonyl (C=O) groups is 1. The van der Waals surface area contributed by atoms with E-state index in [2.05, 4.69) is 5.32 Å². The molecule has 4 aliphatic rings. The molecular weight excluding hydrogens is 238 g/mol. The first kappa shape index (κ1) is 12.2. The molecule has 4 rings (SSSR count). The predicted octanol–water partition coefficient (Wildman–Crippen LogP) is 2.64. The van der Waals surface area contributed by atoms with Gasteiger partial charge in [-0.1, -0.05) is 25.7 Å². The lowest BCUT2D eigenvalue weighted by molar-refractivity contribution is -0.179. The second-order valence-electron chi connectivity index (χ2n) is 7.21. The molecular formula is C16H25NO2. The second-order valence-corrected chi connectivity index (χ2v) is 7.21. The third-order valence-electron chi connectivity index (χ3n) is 6.36. The summed E-state index contributed by atoms with van der Waals surface area (Å²) < 4.78 is 5.89. The van der Waals surface area contributed by atoms with Crippen LogP contribution in [0.5, 0.6) is 0 Å². The molecule has 1 N–H and O–H groups in total. The summed E-state index contributed by atoms with van der Waals surface area (Å²) in [7, 11) is 0. The lowest BCUT2D eigenvalue weighted by Crippen LogP contribution is -2.71. The van der Waals surface area contributed by atoms with Crippen LogP contribution in [0.25, 0.3) is 0 Å². The Morgan fingerprint density at radius 3 is 2.68 bits per heavy atom. The van der Waals surface area contributed by atoms with E-state index in [9.17, 15) is 4.79 Å². The minimum Gasteiger partial charge on any atom is -0.377 e. The first-order valence-corrected chi connectivity index (χ1v) is 8.20. The average Bonchev–Trinajstić information content (AvgIpc) is 2.67. The smallest absolute Gasteiger partial charge is 0.220 e. The molecule has 0 bridgehead atoms. The maximum atomic E-state index is 12.2. The van der Waals surface area contributed by atoms with Crippen LogP contribution in [0.2, 0.25) is 0 Å². The Hall–Kier alpha value is -0.570. The zero-order chi connectivity index (χ0) is 12.9. The molecule has 1 saturated heterocycles. The molecule has 3 nitrogen and oxygen atoms in total. The van der Waals surface area contributed by atoms with Crippen molar-refractivity contribution in [3.05, 3.63) is 0 Å². The Balaban J connectivity index is 1.32. The lowest BCUT2D eigenvalue weighted by atomic mass is 9.46. The van der Waals surface area contributed by atoms with E-state index < -0.39 is 0 Å². The summed E-state index contributed by atoms with van der Waals surface area (Å²) in [5.74, 6) is 1.76. The van der Waals surface area contributed by atoms with Crippen molar-refractivity contribution >= 4 is 5.91 Å². The van der Waals surface area contributed by atoms with Gasteiger partial charge in [-0.2, -0.15) is 0 Å². The van der Waals surface area contributed by atoms with E-state index in [0.29, 0.717) is 29.4 Å². The molecule has 0 aromatic carbocycles. The van der Waals surface area contributed by atoms with Crippen molar-refractivity contribution in [1.29, 1.82) is 0 Å². The monoisotopic (exact) mass is 263 g/mol. The van der Waals surface area contributed by atoms with Crippen LogP contribution in [0.15, 0.2) is 0 Å². The highest BCUT2D eigenvalue weighted by atomic mass is 16.5. The van der Waals surface area contributed by atoms with Crippen LogP contribution >= 0.6 is 0 Å². The number of carbonyl (C=O) groups excluding carboxylic acids is 1. The van der Waals surface area contributed by atoms with Crippen LogP contribution in [0, 0.1) is 17.3 Å². The van der Waals surface area contributed by atoms with Crippen LogP contribution in [0.4, 0.5) is 0 Å². The van der Waals surface area contributed by atoms with Crippen molar-refractivity contribution in [1.82, 2.24) is 5.32 Å². The maximum absolute atomic E-state index is 12.2. The lowest BCUT2D eigenvalue weighted by Gasteiger charge is -2.63. The molecule has 0 aromatic rings. The van der Waals surface area contributed by atoms with Crippen LogP contribution in [0.1, 0.15) is 57.8 Å². The zero-order valence-corrected chi connectivity index (χ0v) is 11.7. The predicted molar refractivity (Wildman–Crippen MR) is 72.6 cm³/mol. The number of rotatable bonds is 4. The SMILES string of the molecule is O=C(CCC1CCC1)N[C@@H]1[C@@H]2CCO[C@@H]2C12CCC2. The van der Waals surface area contributed by atoms with Gasteiger partial charge in [0.15, 0.2) is 0 Å². The van der Waals surface area contributed by atoms with E-state index in [1.807, 2.05) is 0 Å². The van der Waals surface area contributed by atoms with Gasteiger partial charge in [-0.15, -0.1) is 0 Å². The molecule has 0 aromatic heterocycles. The third-order valence-corrected chi connectivity index (χ3v) is 6.36. The highest BCUT2D eigenvalue weighted by Gasteiger charge is 2.66. The quantitative estimate of drug-likeness (QED) is 0.847. The number of hydrogen-bond donors (Lipinski definition) is 1. The van der Waals surface area contributed by atoms with Gasteiger partial charge in [0.1, 0.15) is 0 Å². The van der Waals surface area contributed by atoms with Crippen LogP contribution in [-0.4, -0.2) is 24.7 Å². The minimum atomic E-state index is 0.300. The van der Waals surface area contributed by atoms with Crippen molar-refractivity contribution in [2.24, 2.45) is 17.3 Å². The second kappa shape index (κ2) is 4.47. The number of hydrogen-bond acceptors (Lipinski definition) is 2. The van der Waals surface area contributed by atoms with Gasteiger partial charge in [0.25, 0.3) is 0 Å². The van der Waals surface area contributed by atoms with Gasteiger partial charge in [0.2, 0.25) is 5.91 Å². The minimum absolute atomic E-state index is 0.300. The molecule has 0 radical (unpaired) electrons. The van der Waals surface area contributed by atoms with Crippen molar-refractivity contribution in [2.75, 3.05) is 6.61 Å². The largest absolute Gasteiger partial charge is 0.377 e. The number of ether oxygens (including phenoxy) is 1. The van der Waals surface area contributed by atoms with E-state index >= 15 is 0 Å². The molecule has 3 atom stereocenters. The summed E-state index contributed by atoms with van der Waals surface area (Å²) in [6, 6.07) is 0.433.